The molecule has 1 aliphatic heterocycles. The zero-order valence-electron chi connectivity index (χ0n) is 10.4. The molecule has 92 valence electrons. The van der Waals surface area contributed by atoms with Gasteiger partial charge in [-0.05, 0) is 11.0 Å². The molecule has 1 N–H and O–H groups in total. The lowest BCUT2D eigenvalue weighted by molar-refractivity contribution is -0.144. The highest BCUT2D eigenvalue weighted by Crippen LogP contribution is 2.35. The fourth-order valence-electron chi connectivity index (χ4n) is 2.63. The summed E-state index contributed by atoms with van der Waals surface area (Å²) in [6.07, 6.45) is 0. The van der Waals surface area contributed by atoms with Crippen LogP contribution in [-0.2, 0) is 11.3 Å². The molecule has 3 heteroatoms. The Hall–Kier alpha value is -1.35. The predicted octanol–water partition coefficient (Wildman–Crippen LogP) is 2.23. The topological polar surface area (TPSA) is 40.5 Å². The van der Waals surface area contributed by atoms with Gasteiger partial charge >= 0.3 is 5.97 Å². The number of hydrogen-bond acceptors (Lipinski definition) is 2. The third-order valence-electron chi connectivity index (χ3n) is 3.56. The van der Waals surface area contributed by atoms with E-state index in [-0.39, 0.29) is 11.3 Å². The second-order valence-corrected chi connectivity index (χ2v) is 5.53. The van der Waals surface area contributed by atoms with Crippen LogP contribution < -0.4 is 0 Å². The largest absolute Gasteiger partial charge is 0.481 e. The maximum absolute atomic E-state index is 11.2. The molecule has 1 aromatic rings. The Kier molecular flexibility index (Phi) is 3.20. The van der Waals surface area contributed by atoms with Gasteiger partial charge in [0.15, 0.2) is 0 Å². The van der Waals surface area contributed by atoms with Gasteiger partial charge in [-0.1, -0.05) is 44.2 Å². The Labute approximate surface area is 102 Å². The molecule has 1 saturated heterocycles. The summed E-state index contributed by atoms with van der Waals surface area (Å²) in [4.78, 5) is 13.4. The highest BCUT2D eigenvalue weighted by molar-refractivity contribution is 5.71. The molecule has 1 atom stereocenters. The monoisotopic (exact) mass is 233 g/mol. The molecule has 2 rings (SSSR count). The minimum atomic E-state index is -0.675. The van der Waals surface area contributed by atoms with Crippen LogP contribution in [0.5, 0.6) is 0 Å². The summed E-state index contributed by atoms with van der Waals surface area (Å²) in [7, 11) is 0. The fraction of sp³-hybridized carbons (Fsp3) is 0.500. The molecule has 0 unspecified atom stereocenters. The van der Waals surface area contributed by atoms with Gasteiger partial charge in [0.05, 0.1) is 5.92 Å². The van der Waals surface area contributed by atoms with Gasteiger partial charge in [0, 0.05) is 19.6 Å². The van der Waals surface area contributed by atoms with Crippen LogP contribution in [0.25, 0.3) is 0 Å². The Morgan fingerprint density at radius 2 is 2.06 bits per heavy atom. The summed E-state index contributed by atoms with van der Waals surface area (Å²) < 4.78 is 0. The number of aliphatic carboxylic acids is 1. The highest BCUT2D eigenvalue weighted by Gasteiger charge is 2.43. The molecule has 0 bridgehead atoms. The summed E-state index contributed by atoms with van der Waals surface area (Å²) in [6, 6.07) is 10.2. The van der Waals surface area contributed by atoms with Gasteiger partial charge in [-0.2, -0.15) is 0 Å². The number of nitrogens with zero attached hydrogens (tertiary/aromatic N) is 1. The molecule has 1 aromatic carbocycles. The van der Waals surface area contributed by atoms with E-state index in [1.54, 1.807) is 0 Å². The van der Waals surface area contributed by atoms with Gasteiger partial charge in [0.2, 0.25) is 0 Å². The number of carbonyl (C=O) groups is 1. The van der Waals surface area contributed by atoms with Crippen molar-refractivity contribution in [1.82, 2.24) is 4.90 Å². The number of rotatable bonds is 3. The van der Waals surface area contributed by atoms with E-state index in [2.05, 4.69) is 17.0 Å². The lowest BCUT2D eigenvalue weighted by Crippen LogP contribution is -2.28. The maximum atomic E-state index is 11.2. The molecule has 17 heavy (non-hydrogen) atoms. The van der Waals surface area contributed by atoms with E-state index in [4.69, 9.17) is 0 Å². The number of likely N-dealkylation sites (tertiary alicyclic amines) is 1. The maximum Gasteiger partial charge on any atom is 0.308 e. The van der Waals surface area contributed by atoms with Crippen molar-refractivity contribution in [1.29, 1.82) is 0 Å². The SMILES string of the molecule is CC1(C)CN(Cc2ccccc2)C[C@H]1C(=O)O. The second kappa shape index (κ2) is 4.49. The standard InChI is InChI=1S/C14H19NO2/c1-14(2)10-15(9-12(14)13(16)17)8-11-6-4-3-5-7-11/h3-7,12H,8-10H2,1-2H3,(H,16,17)/t12-/m0/s1. The quantitative estimate of drug-likeness (QED) is 0.870. The van der Waals surface area contributed by atoms with E-state index in [1.807, 2.05) is 32.0 Å². The van der Waals surface area contributed by atoms with E-state index < -0.39 is 5.97 Å². The molecule has 1 fully saturated rings. The average molecular weight is 233 g/mol. The lowest BCUT2D eigenvalue weighted by atomic mass is 9.82. The van der Waals surface area contributed by atoms with Gasteiger partial charge in [-0.3, -0.25) is 9.69 Å². The van der Waals surface area contributed by atoms with Gasteiger partial charge in [-0.15, -0.1) is 0 Å². The third-order valence-corrected chi connectivity index (χ3v) is 3.56. The minimum Gasteiger partial charge on any atom is -0.481 e. The smallest absolute Gasteiger partial charge is 0.308 e. The highest BCUT2D eigenvalue weighted by atomic mass is 16.4. The van der Waals surface area contributed by atoms with Crippen molar-refractivity contribution in [2.24, 2.45) is 11.3 Å². The zero-order valence-corrected chi connectivity index (χ0v) is 10.4. The summed E-state index contributed by atoms with van der Waals surface area (Å²) in [5.41, 5.74) is 1.11. The van der Waals surface area contributed by atoms with Gasteiger partial charge in [0.1, 0.15) is 0 Å². The number of carboxylic acid groups (broad SMARTS) is 1. The van der Waals surface area contributed by atoms with Crippen molar-refractivity contribution < 1.29 is 9.90 Å². The van der Waals surface area contributed by atoms with Gasteiger partial charge in [0.25, 0.3) is 0 Å². The van der Waals surface area contributed by atoms with Crippen molar-refractivity contribution in [2.45, 2.75) is 20.4 Å². The van der Waals surface area contributed by atoms with Crippen LogP contribution in [0.15, 0.2) is 30.3 Å². The average Bonchev–Trinajstić information content (AvgIpc) is 2.55. The van der Waals surface area contributed by atoms with Crippen LogP contribution in [0.2, 0.25) is 0 Å². The fourth-order valence-corrected chi connectivity index (χ4v) is 2.63. The second-order valence-electron chi connectivity index (χ2n) is 5.53. The summed E-state index contributed by atoms with van der Waals surface area (Å²) in [6.45, 7) is 6.41. The van der Waals surface area contributed by atoms with E-state index in [1.165, 1.54) is 5.56 Å². The van der Waals surface area contributed by atoms with E-state index in [0.29, 0.717) is 6.54 Å². The normalized spacial score (nSPS) is 23.8. The van der Waals surface area contributed by atoms with Crippen molar-refractivity contribution in [2.75, 3.05) is 13.1 Å². The minimum absolute atomic E-state index is 0.138. The van der Waals surface area contributed by atoms with Crippen molar-refractivity contribution in [3.8, 4) is 0 Å². The summed E-state index contributed by atoms with van der Waals surface area (Å²) in [5, 5.41) is 9.21. The lowest BCUT2D eigenvalue weighted by Gasteiger charge is -2.22. The van der Waals surface area contributed by atoms with Crippen LogP contribution in [0.1, 0.15) is 19.4 Å². The molecule has 1 heterocycles. The summed E-state index contributed by atoms with van der Waals surface area (Å²) in [5.74, 6) is -0.934. The Bertz CT molecular complexity index is 400. The number of benzene rings is 1. The van der Waals surface area contributed by atoms with Gasteiger partial charge < -0.3 is 5.11 Å². The van der Waals surface area contributed by atoms with E-state index in [0.717, 1.165) is 13.1 Å². The Balaban J connectivity index is 2.04. The molecule has 0 amide bonds. The van der Waals surface area contributed by atoms with Crippen LogP contribution in [0.4, 0.5) is 0 Å². The number of hydrogen-bond donors (Lipinski definition) is 1. The zero-order chi connectivity index (χ0) is 12.5. The van der Waals surface area contributed by atoms with E-state index in [9.17, 15) is 9.90 Å². The molecule has 0 aliphatic carbocycles. The molecular formula is C14H19NO2. The van der Waals surface area contributed by atoms with Gasteiger partial charge in [-0.25, -0.2) is 0 Å². The number of carboxylic acids is 1. The molecular weight excluding hydrogens is 214 g/mol. The molecule has 0 spiro atoms. The molecule has 0 aromatic heterocycles. The Morgan fingerprint density at radius 1 is 1.41 bits per heavy atom. The van der Waals surface area contributed by atoms with Crippen molar-refractivity contribution in [3.63, 3.8) is 0 Å². The Morgan fingerprint density at radius 3 is 2.59 bits per heavy atom. The van der Waals surface area contributed by atoms with Crippen LogP contribution in [-0.4, -0.2) is 29.1 Å². The first-order valence-electron chi connectivity index (χ1n) is 5.98. The van der Waals surface area contributed by atoms with Crippen LogP contribution in [0, 0.1) is 11.3 Å². The third kappa shape index (κ3) is 2.67. The first-order valence-corrected chi connectivity index (χ1v) is 5.98. The van der Waals surface area contributed by atoms with Crippen molar-refractivity contribution in [3.05, 3.63) is 35.9 Å². The molecule has 1 aliphatic rings. The predicted molar refractivity (Wildman–Crippen MR) is 66.6 cm³/mol. The van der Waals surface area contributed by atoms with Crippen LogP contribution >= 0.6 is 0 Å². The first-order chi connectivity index (χ1) is 7.99. The summed E-state index contributed by atoms with van der Waals surface area (Å²) >= 11 is 0. The first kappa shape index (κ1) is 12.1. The molecule has 3 nitrogen and oxygen atoms in total. The molecule has 0 saturated carbocycles. The van der Waals surface area contributed by atoms with Crippen LogP contribution in [0.3, 0.4) is 0 Å². The van der Waals surface area contributed by atoms with Crippen molar-refractivity contribution >= 4 is 5.97 Å². The molecule has 0 radical (unpaired) electrons. The van der Waals surface area contributed by atoms with E-state index >= 15 is 0 Å².